The Morgan fingerprint density at radius 2 is 1.47 bits per heavy atom. The van der Waals surface area contributed by atoms with Gasteiger partial charge < -0.3 is 9.47 Å². The van der Waals surface area contributed by atoms with Gasteiger partial charge in [0.05, 0.1) is 12.7 Å². The van der Waals surface area contributed by atoms with Crippen LogP contribution in [0.3, 0.4) is 0 Å². The number of aryl methyl sites for hydroxylation is 2. The first-order valence-corrected chi connectivity index (χ1v) is 13.7. The van der Waals surface area contributed by atoms with Gasteiger partial charge in [0.25, 0.3) is 0 Å². The van der Waals surface area contributed by atoms with Crippen molar-refractivity contribution < 1.29 is 27.0 Å². The van der Waals surface area contributed by atoms with Crippen molar-refractivity contribution in [1.29, 1.82) is 0 Å². The summed E-state index contributed by atoms with van der Waals surface area (Å²) in [5.74, 6) is -3.57. The zero-order chi connectivity index (χ0) is 27.1. The van der Waals surface area contributed by atoms with E-state index in [9.17, 15) is 8.78 Å². The molecular weight excluding hydrogens is 492 g/mol. The summed E-state index contributed by atoms with van der Waals surface area (Å²) in [7, 11) is 0. The van der Waals surface area contributed by atoms with Gasteiger partial charge in [-0.25, -0.2) is 13.2 Å². The van der Waals surface area contributed by atoms with Crippen LogP contribution >= 0.6 is 0 Å². The van der Waals surface area contributed by atoms with Crippen molar-refractivity contribution in [2.45, 2.75) is 77.2 Å². The maximum absolute atomic E-state index is 15.1. The van der Waals surface area contributed by atoms with Crippen LogP contribution in [-0.4, -0.2) is 19.3 Å². The Labute approximate surface area is 223 Å². The molecule has 0 amide bonds. The quantitative estimate of drug-likeness (QED) is 0.183. The van der Waals surface area contributed by atoms with E-state index in [2.05, 4.69) is 6.92 Å². The predicted molar refractivity (Wildman–Crippen MR) is 143 cm³/mol. The fraction of sp³-hybridized carbons (Fsp3) is 0.438. The maximum atomic E-state index is 15.1. The summed E-state index contributed by atoms with van der Waals surface area (Å²) in [5, 5.41) is 0. The molecule has 1 saturated carbocycles. The molecular formula is C32H36F4O2. The molecule has 1 fully saturated rings. The number of ether oxygens (including phenoxy) is 2. The van der Waals surface area contributed by atoms with Gasteiger partial charge in [0, 0.05) is 12.2 Å². The van der Waals surface area contributed by atoms with Crippen LogP contribution in [0.25, 0.3) is 11.1 Å². The third-order valence-electron chi connectivity index (χ3n) is 7.45. The molecule has 6 heteroatoms. The molecule has 0 aliphatic heterocycles. The molecule has 1 aliphatic rings. The smallest absolute Gasteiger partial charge is 0.200 e. The minimum Gasteiger partial charge on any atom is -0.491 e. The molecule has 0 bridgehead atoms. The minimum atomic E-state index is -0.978. The molecule has 0 N–H and O–H groups in total. The second-order valence-corrected chi connectivity index (χ2v) is 10.0. The molecule has 4 rings (SSSR count). The number of hydrogen-bond acceptors (Lipinski definition) is 2. The third-order valence-corrected chi connectivity index (χ3v) is 7.45. The van der Waals surface area contributed by atoms with E-state index in [1.165, 1.54) is 12.1 Å². The lowest BCUT2D eigenvalue weighted by Crippen LogP contribution is -2.22. The zero-order valence-electron chi connectivity index (χ0n) is 22.2. The van der Waals surface area contributed by atoms with Gasteiger partial charge in [-0.2, -0.15) is 4.39 Å². The molecule has 0 heterocycles. The third kappa shape index (κ3) is 6.58. The average Bonchev–Trinajstić information content (AvgIpc) is 2.93. The van der Waals surface area contributed by atoms with E-state index >= 15 is 8.78 Å². The Morgan fingerprint density at radius 1 is 0.737 bits per heavy atom. The van der Waals surface area contributed by atoms with E-state index in [4.69, 9.17) is 9.47 Å². The van der Waals surface area contributed by atoms with Crippen molar-refractivity contribution >= 4 is 0 Å². The van der Waals surface area contributed by atoms with Crippen LogP contribution in [0.15, 0.2) is 48.5 Å². The summed E-state index contributed by atoms with van der Waals surface area (Å²) in [5.41, 5.74) is 2.38. The predicted octanol–water partition coefficient (Wildman–Crippen LogP) is 8.94. The maximum Gasteiger partial charge on any atom is 0.200 e. The van der Waals surface area contributed by atoms with E-state index in [1.807, 2.05) is 12.1 Å². The van der Waals surface area contributed by atoms with Gasteiger partial charge in [-0.3, -0.25) is 0 Å². The molecule has 3 aromatic rings. The lowest BCUT2D eigenvalue weighted by molar-refractivity contribution is 0.0230. The highest BCUT2D eigenvalue weighted by Crippen LogP contribution is 2.38. The molecule has 0 spiro atoms. The van der Waals surface area contributed by atoms with Gasteiger partial charge in [-0.15, -0.1) is 0 Å². The number of halogens is 4. The van der Waals surface area contributed by atoms with Crippen molar-refractivity contribution in [3.05, 3.63) is 88.5 Å². The summed E-state index contributed by atoms with van der Waals surface area (Å²) in [6.45, 7) is 4.86. The molecule has 1 aliphatic carbocycles. The number of benzene rings is 3. The molecule has 3 aromatic carbocycles. The Balaban J connectivity index is 1.39. The Morgan fingerprint density at radius 3 is 2.16 bits per heavy atom. The van der Waals surface area contributed by atoms with Crippen molar-refractivity contribution in [2.24, 2.45) is 0 Å². The molecule has 0 aromatic heterocycles. The van der Waals surface area contributed by atoms with E-state index in [-0.39, 0.29) is 35.5 Å². The SMILES string of the molecule is CCCCOC1CCC(c2ccc(-c3ccc(CCc4ccc(OCC)c(F)c4F)cc3)c(F)c2F)CC1. The van der Waals surface area contributed by atoms with Crippen LogP contribution in [0, 0.1) is 23.3 Å². The molecule has 2 nitrogen and oxygen atoms in total. The van der Waals surface area contributed by atoms with Gasteiger partial charge in [0.15, 0.2) is 23.2 Å². The molecule has 0 radical (unpaired) electrons. The van der Waals surface area contributed by atoms with Crippen molar-refractivity contribution in [1.82, 2.24) is 0 Å². The number of rotatable bonds is 11. The van der Waals surface area contributed by atoms with Crippen LogP contribution in [0.5, 0.6) is 5.75 Å². The molecule has 38 heavy (non-hydrogen) atoms. The van der Waals surface area contributed by atoms with Crippen LogP contribution in [0.4, 0.5) is 17.6 Å². The average molecular weight is 529 g/mol. The first-order valence-electron chi connectivity index (χ1n) is 13.7. The summed E-state index contributed by atoms with van der Waals surface area (Å²) in [4.78, 5) is 0. The summed E-state index contributed by atoms with van der Waals surface area (Å²) in [6, 6.07) is 13.4. The standard InChI is InChI=1S/C32H36F4O2/c1-3-5-20-38-25-15-12-23(13-16-25)27-18-17-26(30(34)31(27)35)22-9-6-21(7-10-22)8-11-24-14-19-28(37-4-2)32(36)29(24)33/h6-7,9-10,14,17-19,23,25H,3-5,8,11-13,15-16,20H2,1-2H3. The number of hydrogen-bond donors (Lipinski definition) is 0. The Bertz CT molecular complexity index is 1200. The van der Waals surface area contributed by atoms with Crippen molar-refractivity contribution in [3.8, 4) is 16.9 Å². The van der Waals surface area contributed by atoms with Crippen LogP contribution < -0.4 is 4.74 Å². The second-order valence-electron chi connectivity index (χ2n) is 10.0. The summed E-state index contributed by atoms with van der Waals surface area (Å²) in [6.07, 6.45) is 6.46. The normalized spacial score (nSPS) is 17.5. The Hall–Kier alpha value is -2.86. The summed E-state index contributed by atoms with van der Waals surface area (Å²) < 4.78 is 69.8. The van der Waals surface area contributed by atoms with Crippen LogP contribution in [0.1, 0.15) is 75.0 Å². The minimum absolute atomic E-state index is 0.000200. The van der Waals surface area contributed by atoms with Crippen molar-refractivity contribution in [3.63, 3.8) is 0 Å². The van der Waals surface area contributed by atoms with Crippen LogP contribution in [-0.2, 0) is 17.6 Å². The lowest BCUT2D eigenvalue weighted by atomic mass is 9.82. The van der Waals surface area contributed by atoms with Gasteiger partial charge >= 0.3 is 0 Å². The fourth-order valence-electron chi connectivity index (χ4n) is 5.20. The van der Waals surface area contributed by atoms with Gasteiger partial charge in [0.2, 0.25) is 5.82 Å². The fourth-order valence-corrected chi connectivity index (χ4v) is 5.20. The first kappa shape index (κ1) is 28.2. The van der Waals surface area contributed by atoms with E-state index in [0.717, 1.165) is 50.7 Å². The highest BCUT2D eigenvalue weighted by Gasteiger charge is 2.27. The van der Waals surface area contributed by atoms with E-state index in [1.54, 1.807) is 31.2 Å². The topological polar surface area (TPSA) is 18.5 Å². The lowest BCUT2D eigenvalue weighted by Gasteiger charge is -2.29. The highest BCUT2D eigenvalue weighted by molar-refractivity contribution is 5.65. The molecule has 0 atom stereocenters. The van der Waals surface area contributed by atoms with E-state index in [0.29, 0.717) is 24.0 Å². The first-order chi connectivity index (χ1) is 18.4. The second kappa shape index (κ2) is 13.3. The van der Waals surface area contributed by atoms with Gasteiger partial charge in [0.1, 0.15) is 0 Å². The molecule has 204 valence electrons. The summed E-state index contributed by atoms with van der Waals surface area (Å²) >= 11 is 0. The molecule has 0 saturated heterocycles. The Kier molecular flexibility index (Phi) is 9.84. The van der Waals surface area contributed by atoms with Gasteiger partial charge in [-0.05, 0) is 86.1 Å². The molecule has 0 unspecified atom stereocenters. The van der Waals surface area contributed by atoms with Crippen molar-refractivity contribution in [2.75, 3.05) is 13.2 Å². The highest BCUT2D eigenvalue weighted by atomic mass is 19.2. The van der Waals surface area contributed by atoms with Crippen LogP contribution in [0.2, 0.25) is 0 Å². The monoisotopic (exact) mass is 528 g/mol. The zero-order valence-corrected chi connectivity index (χ0v) is 22.2. The van der Waals surface area contributed by atoms with Gasteiger partial charge in [-0.1, -0.05) is 55.8 Å². The largest absolute Gasteiger partial charge is 0.491 e. The number of unbranched alkanes of at least 4 members (excludes halogenated alkanes) is 1. The van der Waals surface area contributed by atoms with E-state index < -0.39 is 23.3 Å².